The maximum Gasteiger partial charge on any atom is 0.272 e. The van der Waals surface area contributed by atoms with Gasteiger partial charge in [0.1, 0.15) is 17.0 Å². The number of hydrogen-bond acceptors (Lipinski definition) is 2. The normalized spacial score (nSPS) is 34.2. The summed E-state index contributed by atoms with van der Waals surface area (Å²) in [6, 6.07) is 3.50. The van der Waals surface area contributed by atoms with Crippen LogP contribution < -0.4 is 11.1 Å². The van der Waals surface area contributed by atoms with Crippen molar-refractivity contribution < 1.29 is 17.6 Å². The lowest BCUT2D eigenvalue weighted by molar-refractivity contribution is -0.149. The van der Waals surface area contributed by atoms with E-state index < -0.39 is 29.4 Å². The minimum atomic E-state index is -3.43. The Morgan fingerprint density at radius 1 is 1.21 bits per heavy atom. The van der Waals surface area contributed by atoms with Crippen LogP contribution in [0.15, 0.2) is 18.2 Å². The van der Waals surface area contributed by atoms with E-state index in [1.54, 1.807) is 0 Å². The number of nitrogens with two attached hydrogens (primary N) is 1. The summed E-state index contributed by atoms with van der Waals surface area (Å²) < 4.78 is 56.0. The zero-order valence-electron chi connectivity index (χ0n) is 10.7. The number of nitrogens with one attached hydrogen (secondary N) is 1. The molecule has 0 aromatic heterocycles. The molecule has 0 aliphatic carbocycles. The Morgan fingerprint density at radius 3 is 2.42 bits per heavy atom. The molecule has 2 rings (SSSR count). The zero-order chi connectivity index (χ0) is 14.5. The Hall–Kier alpha value is -1.30. The highest BCUT2D eigenvalue weighted by Gasteiger charge is 2.59. The van der Waals surface area contributed by atoms with Crippen LogP contribution in [0.25, 0.3) is 0 Å². The average molecular weight is 276 g/mol. The second-order valence-electron chi connectivity index (χ2n) is 5.51. The van der Waals surface area contributed by atoms with Crippen LogP contribution in [-0.2, 0) is 5.54 Å². The maximum atomic E-state index is 14.2. The van der Waals surface area contributed by atoms with Crippen molar-refractivity contribution in [1.29, 1.82) is 0 Å². The van der Waals surface area contributed by atoms with Crippen LogP contribution in [0.3, 0.4) is 0 Å². The summed E-state index contributed by atoms with van der Waals surface area (Å²) in [5.74, 6) is -4.21. The smallest absolute Gasteiger partial charge is 0.272 e. The second-order valence-corrected chi connectivity index (χ2v) is 5.51. The number of piperidine rings is 1. The standard InChI is InChI=1S/C13H16F4N2/c1-11(15)6-13(16,17)12(2,19-7-11)9-5-8(18)3-4-10(9)14/h3-5,19H,6-7,18H2,1-2H3/t11-,12+/m0/s1. The molecular weight excluding hydrogens is 260 g/mol. The first-order valence-corrected chi connectivity index (χ1v) is 5.95. The number of alkyl halides is 3. The summed E-state index contributed by atoms with van der Waals surface area (Å²) in [5.41, 5.74) is 1.46. The molecule has 1 saturated heterocycles. The molecule has 1 fully saturated rings. The third-order valence-electron chi connectivity index (χ3n) is 3.66. The van der Waals surface area contributed by atoms with Gasteiger partial charge in [-0.25, -0.2) is 17.6 Å². The fourth-order valence-corrected chi connectivity index (χ4v) is 2.41. The van der Waals surface area contributed by atoms with Gasteiger partial charge in [0.05, 0.1) is 0 Å². The molecule has 1 aromatic rings. The molecule has 1 aliphatic heterocycles. The van der Waals surface area contributed by atoms with Gasteiger partial charge in [0.2, 0.25) is 0 Å². The molecule has 19 heavy (non-hydrogen) atoms. The Labute approximate surface area is 109 Å². The van der Waals surface area contributed by atoms with E-state index in [4.69, 9.17) is 5.73 Å². The molecule has 2 nitrogen and oxygen atoms in total. The molecule has 0 amide bonds. The van der Waals surface area contributed by atoms with Crippen molar-refractivity contribution in [2.24, 2.45) is 0 Å². The Morgan fingerprint density at radius 2 is 1.84 bits per heavy atom. The molecule has 0 bridgehead atoms. The SMILES string of the molecule is C[C@@]1(F)CN[C@](C)(c2cc(N)ccc2F)C(F)(F)C1. The van der Waals surface area contributed by atoms with E-state index in [0.717, 1.165) is 19.1 Å². The number of benzene rings is 1. The fraction of sp³-hybridized carbons (Fsp3) is 0.538. The van der Waals surface area contributed by atoms with Crippen molar-refractivity contribution in [3.05, 3.63) is 29.6 Å². The molecule has 0 radical (unpaired) electrons. The summed E-state index contributed by atoms with van der Waals surface area (Å²) in [7, 11) is 0. The first-order valence-electron chi connectivity index (χ1n) is 5.95. The lowest BCUT2D eigenvalue weighted by Gasteiger charge is -2.46. The summed E-state index contributed by atoms with van der Waals surface area (Å²) in [4.78, 5) is 0. The van der Waals surface area contributed by atoms with E-state index in [2.05, 4.69) is 5.32 Å². The topological polar surface area (TPSA) is 38.0 Å². The van der Waals surface area contributed by atoms with Gasteiger partial charge in [-0.05, 0) is 32.0 Å². The van der Waals surface area contributed by atoms with Gasteiger partial charge in [0.25, 0.3) is 5.92 Å². The molecule has 1 heterocycles. The molecule has 0 saturated carbocycles. The van der Waals surface area contributed by atoms with Crippen LogP contribution in [0.2, 0.25) is 0 Å². The highest BCUT2D eigenvalue weighted by Crippen LogP contribution is 2.47. The lowest BCUT2D eigenvalue weighted by atomic mass is 9.76. The molecule has 1 aromatic carbocycles. The lowest BCUT2D eigenvalue weighted by Crippen LogP contribution is -2.64. The van der Waals surface area contributed by atoms with Crippen LogP contribution in [0.4, 0.5) is 23.2 Å². The minimum absolute atomic E-state index is 0.184. The van der Waals surface area contributed by atoms with E-state index >= 15 is 0 Å². The number of halogens is 4. The molecule has 0 unspecified atom stereocenters. The van der Waals surface area contributed by atoms with Gasteiger partial charge in [0.15, 0.2) is 0 Å². The highest BCUT2D eigenvalue weighted by atomic mass is 19.3. The van der Waals surface area contributed by atoms with Gasteiger partial charge in [-0.1, -0.05) is 0 Å². The number of anilines is 1. The fourth-order valence-electron chi connectivity index (χ4n) is 2.41. The molecule has 3 N–H and O–H groups in total. The first-order chi connectivity index (χ1) is 8.57. The van der Waals surface area contributed by atoms with Gasteiger partial charge in [-0.2, -0.15) is 0 Å². The summed E-state index contributed by atoms with van der Waals surface area (Å²) in [6.07, 6.45) is -0.961. The molecular formula is C13H16F4N2. The van der Waals surface area contributed by atoms with Gasteiger partial charge < -0.3 is 5.73 Å². The number of nitrogen functional groups attached to an aromatic ring is 1. The Bertz CT molecular complexity index is 501. The molecule has 6 heteroatoms. The van der Waals surface area contributed by atoms with Crippen molar-refractivity contribution in [2.45, 2.75) is 37.4 Å². The van der Waals surface area contributed by atoms with Crippen molar-refractivity contribution in [1.82, 2.24) is 5.32 Å². The van der Waals surface area contributed by atoms with Gasteiger partial charge >= 0.3 is 0 Å². The van der Waals surface area contributed by atoms with E-state index in [1.807, 2.05) is 0 Å². The van der Waals surface area contributed by atoms with E-state index in [9.17, 15) is 17.6 Å². The molecule has 106 valence electrons. The maximum absolute atomic E-state index is 14.2. The van der Waals surface area contributed by atoms with Gasteiger partial charge in [-0.3, -0.25) is 5.32 Å². The molecule has 1 aliphatic rings. The van der Waals surface area contributed by atoms with Gasteiger partial charge in [-0.15, -0.1) is 0 Å². The van der Waals surface area contributed by atoms with E-state index in [-0.39, 0.29) is 17.8 Å². The summed E-state index contributed by atoms with van der Waals surface area (Å²) in [6.45, 7) is 2.00. The third kappa shape index (κ3) is 2.29. The van der Waals surface area contributed by atoms with Crippen LogP contribution in [0, 0.1) is 5.82 Å². The first kappa shape index (κ1) is 14.1. The van der Waals surface area contributed by atoms with Gasteiger partial charge in [0, 0.05) is 24.2 Å². The van der Waals surface area contributed by atoms with Crippen molar-refractivity contribution in [3.8, 4) is 0 Å². The van der Waals surface area contributed by atoms with Crippen molar-refractivity contribution >= 4 is 5.69 Å². The molecule has 2 atom stereocenters. The van der Waals surface area contributed by atoms with Crippen molar-refractivity contribution in [2.75, 3.05) is 12.3 Å². The minimum Gasteiger partial charge on any atom is -0.399 e. The van der Waals surface area contributed by atoms with E-state index in [1.165, 1.54) is 13.0 Å². The predicted molar refractivity (Wildman–Crippen MR) is 65.2 cm³/mol. The molecule has 0 spiro atoms. The van der Waals surface area contributed by atoms with Crippen LogP contribution >= 0.6 is 0 Å². The second kappa shape index (κ2) is 4.10. The van der Waals surface area contributed by atoms with Crippen LogP contribution in [0.1, 0.15) is 25.8 Å². The Balaban J connectivity index is 2.50. The van der Waals surface area contributed by atoms with E-state index in [0.29, 0.717) is 0 Å². The highest BCUT2D eigenvalue weighted by molar-refractivity contribution is 5.45. The zero-order valence-corrected chi connectivity index (χ0v) is 10.7. The third-order valence-corrected chi connectivity index (χ3v) is 3.66. The van der Waals surface area contributed by atoms with Crippen LogP contribution in [0.5, 0.6) is 0 Å². The summed E-state index contributed by atoms with van der Waals surface area (Å²) >= 11 is 0. The quantitative estimate of drug-likeness (QED) is 0.611. The summed E-state index contributed by atoms with van der Waals surface area (Å²) in [5, 5.41) is 2.44. The van der Waals surface area contributed by atoms with Crippen molar-refractivity contribution in [3.63, 3.8) is 0 Å². The number of hydrogen-bond donors (Lipinski definition) is 2. The largest absolute Gasteiger partial charge is 0.399 e. The van der Waals surface area contributed by atoms with Crippen LogP contribution in [-0.4, -0.2) is 18.1 Å². The average Bonchev–Trinajstić information content (AvgIpc) is 2.26. The monoisotopic (exact) mass is 276 g/mol. The number of rotatable bonds is 1. The predicted octanol–water partition coefficient (Wildman–Crippen LogP) is 2.98. The Kier molecular flexibility index (Phi) is 3.04.